The summed E-state index contributed by atoms with van der Waals surface area (Å²) in [6, 6.07) is 17.7. The van der Waals surface area contributed by atoms with Gasteiger partial charge in [0.15, 0.2) is 0 Å². The summed E-state index contributed by atoms with van der Waals surface area (Å²) in [5, 5.41) is 7.53. The molecule has 2 aromatic carbocycles. The third-order valence-corrected chi connectivity index (χ3v) is 6.26. The van der Waals surface area contributed by atoms with Gasteiger partial charge in [0.05, 0.1) is 25.0 Å². The molecular weight excluding hydrogens is 442 g/mol. The third-order valence-electron chi connectivity index (χ3n) is 6.26. The number of rotatable bonds is 8. The van der Waals surface area contributed by atoms with Crippen LogP contribution in [0.4, 0.5) is 5.82 Å². The Kier molecular flexibility index (Phi) is 7.82. The van der Waals surface area contributed by atoms with Gasteiger partial charge in [-0.1, -0.05) is 29.8 Å². The summed E-state index contributed by atoms with van der Waals surface area (Å²) in [4.78, 5) is 29.4. The third kappa shape index (κ3) is 6.48. The first-order valence-electron chi connectivity index (χ1n) is 12.0. The molecule has 1 saturated heterocycles. The second-order valence-electron chi connectivity index (χ2n) is 8.97. The Morgan fingerprint density at radius 3 is 2.31 bits per heavy atom. The van der Waals surface area contributed by atoms with Gasteiger partial charge in [-0.15, -0.1) is 0 Å². The Morgan fingerprint density at radius 2 is 1.66 bits per heavy atom. The first-order chi connectivity index (χ1) is 16.9. The average molecular weight is 476 g/mol. The summed E-state index contributed by atoms with van der Waals surface area (Å²) in [7, 11) is 1.64. The molecule has 3 aromatic rings. The fraction of sp³-hybridized carbons (Fsp3) is 0.370. The van der Waals surface area contributed by atoms with E-state index in [-0.39, 0.29) is 18.4 Å². The van der Waals surface area contributed by atoms with Crippen molar-refractivity contribution in [3.8, 4) is 11.4 Å². The molecule has 0 spiro atoms. The summed E-state index contributed by atoms with van der Waals surface area (Å²) in [5.41, 5.74) is 4.03. The predicted octanol–water partition coefficient (Wildman–Crippen LogP) is 3.21. The highest BCUT2D eigenvalue weighted by molar-refractivity contribution is 5.91. The molecular formula is C27H33N5O3. The smallest absolute Gasteiger partial charge is 0.239 e. The number of amides is 2. The molecule has 8 nitrogen and oxygen atoms in total. The molecule has 0 aliphatic carbocycles. The van der Waals surface area contributed by atoms with Gasteiger partial charge in [0.2, 0.25) is 11.8 Å². The summed E-state index contributed by atoms with van der Waals surface area (Å²) in [5.74, 6) is 1.54. The van der Waals surface area contributed by atoms with Gasteiger partial charge in [0.25, 0.3) is 0 Å². The number of piperazine rings is 1. The zero-order chi connectivity index (χ0) is 24.8. The first kappa shape index (κ1) is 24.5. The Bertz CT molecular complexity index is 1150. The lowest BCUT2D eigenvalue weighted by atomic mass is 10.1. The highest BCUT2D eigenvalue weighted by atomic mass is 16.5. The number of hydrogen-bond donors (Lipinski definition) is 1. The number of ether oxygens (including phenoxy) is 1. The number of carbonyl (C=O) groups excluding carboxylic acids is 2. The zero-order valence-corrected chi connectivity index (χ0v) is 20.7. The first-order valence-corrected chi connectivity index (χ1v) is 12.0. The maximum absolute atomic E-state index is 12.8. The summed E-state index contributed by atoms with van der Waals surface area (Å²) in [6.45, 7) is 6.85. The van der Waals surface area contributed by atoms with Crippen LogP contribution in [0, 0.1) is 13.8 Å². The summed E-state index contributed by atoms with van der Waals surface area (Å²) in [6.07, 6.45) is 1.19. The van der Waals surface area contributed by atoms with Gasteiger partial charge in [0.1, 0.15) is 11.6 Å². The van der Waals surface area contributed by atoms with Crippen LogP contribution in [0.5, 0.6) is 5.75 Å². The molecule has 1 aromatic heterocycles. The van der Waals surface area contributed by atoms with Crippen LogP contribution in [0.3, 0.4) is 0 Å². The topological polar surface area (TPSA) is 79.7 Å². The molecule has 0 saturated carbocycles. The molecule has 184 valence electrons. The number of nitrogens with one attached hydrogen (secondary N) is 1. The van der Waals surface area contributed by atoms with Crippen molar-refractivity contribution in [2.75, 3.05) is 45.2 Å². The molecule has 2 amide bonds. The number of aryl methyl sites for hydroxylation is 3. The molecule has 1 fully saturated rings. The van der Waals surface area contributed by atoms with Gasteiger partial charge in [-0.2, -0.15) is 5.10 Å². The minimum absolute atomic E-state index is 0.0856. The molecule has 0 unspecified atom stereocenters. The second-order valence-corrected chi connectivity index (χ2v) is 8.97. The Hall–Kier alpha value is -3.65. The van der Waals surface area contributed by atoms with Crippen molar-refractivity contribution in [2.24, 2.45) is 0 Å². The van der Waals surface area contributed by atoms with Crippen molar-refractivity contribution in [1.29, 1.82) is 0 Å². The Morgan fingerprint density at radius 1 is 0.971 bits per heavy atom. The SMILES string of the molecule is COc1ccc(CCC(=O)N2CCN(CC(=O)Nc3cc(C)nn3-c3ccc(C)cc3)CC2)cc1. The van der Waals surface area contributed by atoms with E-state index in [0.717, 1.165) is 22.7 Å². The van der Waals surface area contributed by atoms with E-state index in [2.05, 4.69) is 15.3 Å². The normalized spacial score (nSPS) is 14.1. The molecule has 1 aliphatic rings. The molecule has 0 radical (unpaired) electrons. The molecule has 8 heteroatoms. The molecule has 2 heterocycles. The minimum atomic E-state index is -0.0856. The van der Waals surface area contributed by atoms with E-state index in [1.165, 1.54) is 5.56 Å². The average Bonchev–Trinajstić information content (AvgIpc) is 3.23. The lowest BCUT2D eigenvalue weighted by Crippen LogP contribution is -2.50. The quantitative estimate of drug-likeness (QED) is 0.541. The van der Waals surface area contributed by atoms with Crippen LogP contribution in [-0.4, -0.2) is 71.2 Å². The van der Waals surface area contributed by atoms with E-state index < -0.39 is 0 Å². The fourth-order valence-corrected chi connectivity index (χ4v) is 4.21. The van der Waals surface area contributed by atoms with Crippen molar-refractivity contribution in [1.82, 2.24) is 19.6 Å². The number of hydrogen-bond acceptors (Lipinski definition) is 5. The minimum Gasteiger partial charge on any atom is -0.497 e. The molecule has 1 aliphatic heterocycles. The van der Waals surface area contributed by atoms with Crippen molar-refractivity contribution in [2.45, 2.75) is 26.7 Å². The molecule has 1 N–H and O–H groups in total. The van der Waals surface area contributed by atoms with Gasteiger partial charge in [-0.3, -0.25) is 14.5 Å². The number of aromatic nitrogens is 2. The fourth-order valence-electron chi connectivity index (χ4n) is 4.21. The van der Waals surface area contributed by atoms with E-state index in [1.807, 2.05) is 73.3 Å². The number of nitrogens with zero attached hydrogens (tertiary/aromatic N) is 4. The standard InChI is InChI=1S/C27H33N5O3/c1-20-4-9-23(10-5-20)32-25(18-21(2)29-32)28-26(33)19-30-14-16-31(17-15-30)27(34)13-8-22-6-11-24(35-3)12-7-22/h4-7,9-12,18H,8,13-17,19H2,1-3H3,(H,28,33). The van der Waals surface area contributed by atoms with Gasteiger partial charge in [-0.25, -0.2) is 4.68 Å². The van der Waals surface area contributed by atoms with Gasteiger partial charge >= 0.3 is 0 Å². The van der Waals surface area contributed by atoms with Crippen LogP contribution in [0.2, 0.25) is 0 Å². The van der Waals surface area contributed by atoms with Crippen molar-refractivity contribution in [3.63, 3.8) is 0 Å². The van der Waals surface area contributed by atoms with Crippen LogP contribution in [-0.2, 0) is 16.0 Å². The molecule has 0 bridgehead atoms. The highest BCUT2D eigenvalue weighted by Gasteiger charge is 2.23. The molecule has 4 rings (SSSR count). The molecule has 35 heavy (non-hydrogen) atoms. The maximum atomic E-state index is 12.8. The highest BCUT2D eigenvalue weighted by Crippen LogP contribution is 2.18. The largest absolute Gasteiger partial charge is 0.497 e. The van der Waals surface area contributed by atoms with Crippen LogP contribution >= 0.6 is 0 Å². The van der Waals surface area contributed by atoms with Crippen LogP contribution < -0.4 is 10.1 Å². The lowest BCUT2D eigenvalue weighted by molar-refractivity contribution is -0.133. The monoisotopic (exact) mass is 475 g/mol. The van der Waals surface area contributed by atoms with E-state index in [9.17, 15) is 9.59 Å². The van der Waals surface area contributed by atoms with Crippen molar-refractivity contribution < 1.29 is 14.3 Å². The summed E-state index contributed by atoms with van der Waals surface area (Å²) >= 11 is 0. The van der Waals surface area contributed by atoms with Gasteiger partial charge in [0, 0.05) is 38.7 Å². The van der Waals surface area contributed by atoms with Gasteiger partial charge in [-0.05, 0) is 50.1 Å². The van der Waals surface area contributed by atoms with Crippen molar-refractivity contribution in [3.05, 3.63) is 71.4 Å². The number of anilines is 1. The number of methoxy groups -OCH3 is 1. The lowest BCUT2D eigenvalue weighted by Gasteiger charge is -2.34. The zero-order valence-electron chi connectivity index (χ0n) is 20.7. The molecule has 0 atom stereocenters. The van der Waals surface area contributed by atoms with Crippen molar-refractivity contribution >= 4 is 17.6 Å². The summed E-state index contributed by atoms with van der Waals surface area (Å²) < 4.78 is 6.94. The van der Waals surface area contributed by atoms with E-state index in [0.29, 0.717) is 44.8 Å². The van der Waals surface area contributed by atoms with Crippen LogP contribution in [0.25, 0.3) is 5.69 Å². The predicted molar refractivity (Wildman–Crippen MR) is 136 cm³/mol. The Labute approximate surface area is 206 Å². The van der Waals surface area contributed by atoms with E-state index >= 15 is 0 Å². The number of benzene rings is 2. The van der Waals surface area contributed by atoms with E-state index in [4.69, 9.17) is 4.74 Å². The van der Waals surface area contributed by atoms with E-state index in [1.54, 1.807) is 11.8 Å². The van der Waals surface area contributed by atoms with Crippen LogP contribution in [0.15, 0.2) is 54.6 Å². The second kappa shape index (κ2) is 11.2. The maximum Gasteiger partial charge on any atom is 0.239 e. The number of carbonyl (C=O) groups is 2. The van der Waals surface area contributed by atoms with Crippen LogP contribution in [0.1, 0.15) is 23.2 Å². The van der Waals surface area contributed by atoms with Gasteiger partial charge < -0.3 is 15.0 Å². The Balaban J connectivity index is 1.24.